The Morgan fingerprint density at radius 1 is 1.20 bits per heavy atom. The summed E-state index contributed by atoms with van der Waals surface area (Å²) in [5.74, 6) is 0.403. The van der Waals surface area contributed by atoms with Crippen LogP contribution in [0.2, 0.25) is 0 Å². The molecule has 2 rings (SSSR count). The van der Waals surface area contributed by atoms with Crippen molar-refractivity contribution in [3.8, 4) is 6.07 Å². The van der Waals surface area contributed by atoms with Gasteiger partial charge in [-0.3, -0.25) is 4.90 Å². The van der Waals surface area contributed by atoms with Gasteiger partial charge in [-0.15, -0.1) is 0 Å². The second kappa shape index (κ2) is 6.76. The van der Waals surface area contributed by atoms with Crippen LogP contribution in [0, 0.1) is 11.3 Å². The fourth-order valence-electron chi connectivity index (χ4n) is 2.89. The van der Waals surface area contributed by atoms with E-state index >= 15 is 0 Å². The van der Waals surface area contributed by atoms with Crippen LogP contribution in [0.1, 0.15) is 44.2 Å². The van der Waals surface area contributed by atoms with E-state index in [0.717, 1.165) is 37.3 Å². The minimum Gasteiger partial charge on any atom is -0.369 e. The summed E-state index contributed by atoms with van der Waals surface area (Å²) < 4.78 is 0. The molecule has 0 spiro atoms. The van der Waals surface area contributed by atoms with E-state index in [2.05, 4.69) is 54.8 Å². The number of hydrogen-bond acceptors (Lipinski definition) is 3. The number of nitrogens with zero attached hydrogens (tertiary/aromatic N) is 3. The third kappa shape index (κ3) is 3.32. The maximum atomic E-state index is 9.33. The molecule has 0 saturated carbocycles. The van der Waals surface area contributed by atoms with Gasteiger partial charge in [0.05, 0.1) is 11.6 Å². The fourth-order valence-corrected chi connectivity index (χ4v) is 2.89. The van der Waals surface area contributed by atoms with Crippen LogP contribution in [0.3, 0.4) is 0 Å². The molecular weight excluding hydrogens is 246 g/mol. The summed E-state index contributed by atoms with van der Waals surface area (Å²) in [7, 11) is 0. The number of hydrogen-bond donors (Lipinski definition) is 0. The minimum atomic E-state index is 0.403. The molecule has 1 fully saturated rings. The van der Waals surface area contributed by atoms with Gasteiger partial charge in [-0.25, -0.2) is 0 Å². The molecule has 0 aromatic heterocycles. The smallest absolute Gasteiger partial charge is 0.0995 e. The molecule has 1 aromatic carbocycles. The Morgan fingerprint density at radius 3 is 2.45 bits per heavy atom. The van der Waals surface area contributed by atoms with E-state index in [1.54, 1.807) is 0 Å². The molecule has 3 nitrogen and oxygen atoms in total. The lowest BCUT2D eigenvalue weighted by Gasteiger charge is -2.36. The second-order valence-corrected chi connectivity index (χ2v) is 5.87. The van der Waals surface area contributed by atoms with Crippen LogP contribution < -0.4 is 4.90 Å². The summed E-state index contributed by atoms with van der Waals surface area (Å²) in [5.41, 5.74) is 3.18. The van der Waals surface area contributed by atoms with Crippen LogP contribution in [0.15, 0.2) is 18.2 Å². The molecule has 0 radical (unpaired) electrons. The van der Waals surface area contributed by atoms with Crippen molar-refractivity contribution in [2.45, 2.75) is 33.1 Å². The lowest BCUT2D eigenvalue weighted by atomic mass is 9.97. The van der Waals surface area contributed by atoms with Crippen molar-refractivity contribution in [3.05, 3.63) is 29.3 Å². The van der Waals surface area contributed by atoms with Gasteiger partial charge < -0.3 is 4.90 Å². The van der Waals surface area contributed by atoms with Gasteiger partial charge in [0, 0.05) is 31.9 Å². The largest absolute Gasteiger partial charge is 0.369 e. The molecule has 1 heterocycles. The first-order chi connectivity index (χ1) is 9.65. The summed E-state index contributed by atoms with van der Waals surface area (Å²) in [5, 5.41) is 9.33. The van der Waals surface area contributed by atoms with Crippen molar-refractivity contribution in [1.82, 2.24) is 4.90 Å². The average molecular weight is 271 g/mol. The maximum absolute atomic E-state index is 9.33. The van der Waals surface area contributed by atoms with E-state index in [-0.39, 0.29) is 0 Å². The number of benzene rings is 1. The highest BCUT2D eigenvalue weighted by Gasteiger charge is 2.17. The molecule has 3 heteroatoms. The van der Waals surface area contributed by atoms with Crippen LogP contribution in [-0.4, -0.2) is 37.6 Å². The van der Waals surface area contributed by atoms with Gasteiger partial charge in [0.25, 0.3) is 0 Å². The molecule has 0 bridgehead atoms. The van der Waals surface area contributed by atoms with E-state index < -0.39 is 0 Å². The Hall–Kier alpha value is -1.53. The standard InChI is InChI=1S/C17H25N3/c1-4-7-19-8-10-20(11-9-19)16-5-6-17(14(2)3)15(12-16)13-18/h5-6,12,14H,4,7-11H2,1-3H3. The molecule has 1 saturated heterocycles. The summed E-state index contributed by atoms with van der Waals surface area (Å²) in [4.78, 5) is 4.92. The fraction of sp³-hybridized carbons (Fsp3) is 0.588. The van der Waals surface area contributed by atoms with Crippen molar-refractivity contribution in [2.75, 3.05) is 37.6 Å². The first kappa shape index (κ1) is 14.9. The molecule has 0 aliphatic carbocycles. The summed E-state index contributed by atoms with van der Waals surface area (Å²) in [6.07, 6.45) is 1.22. The Kier molecular flexibility index (Phi) is 5.03. The highest BCUT2D eigenvalue weighted by Crippen LogP contribution is 2.25. The zero-order valence-corrected chi connectivity index (χ0v) is 12.9. The zero-order chi connectivity index (χ0) is 14.5. The number of nitriles is 1. The van der Waals surface area contributed by atoms with Crippen molar-refractivity contribution in [1.29, 1.82) is 5.26 Å². The molecule has 0 atom stereocenters. The molecule has 1 aromatic rings. The van der Waals surface area contributed by atoms with E-state index in [0.29, 0.717) is 5.92 Å². The van der Waals surface area contributed by atoms with Gasteiger partial charge in [-0.2, -0.15) is 5.26 Å². The normalized spacial score (nSPS) is 16.4. The van der Waals surface area contributed by atoms with E-state index in [4.69, 9.17) is 0 Å². The topological polar surface area (TPSA) is 30.3 Å². The lowest BCUT2D eigenvalue weighted by molar-refractivity contribution is 0.258. The average Bonchev–Trinajstić information content (AvgIpc) is 2.47. The van der Waals surface area contributed by atoms with Crippen LogP contribution in [0.5, 0.6) is 0 Å². The Balaban J connectivity index is 2.09. The van der Waals surface area contributed by atoms with Crippen LogP contribution in [0.25, 0.3) is 0 Å². The predicted octanol–water partition coefficient (Wildman–Crippen LogP) is 3.21. The molecule has 0 N–H and O–H groups in total. The van der Waals surface area contributed by atoms with E-state index in [9.17, 15) is 5.26 Å². The SMILES string of the molecule is CCCN1CCN(c2ccc(C(C)C)c(C#N)c2)CC1. The van der Waals surface area contributed by atoms with E-state index in [1.165, 1.54) is 18.7 Å². The first-order valence-electron chi connectivity index (χ1n) is 7.67. The van der Waals surface area contributed by atoms with Gasteiger partial charge in [0.15, 0.2) is 0 Å². The van der Waals surface area contributed by atoms with Crippen LogP contribution >= 0.6 is 0 Å². The van der Waals surface area contributed by atoms with Gasteiger partial charge in [-0.05, 0) is 36.6 Å². The Labute approximate surface area is 122 Å². The van der Waals surface area contributed by atoms with Crippen molar-refractivity contribution in [3.63, 3.8) is 0 Å². The van der Waals surface area contributed by atoms with Gasteiger partial charge in [0.1, 0.15) is 0 Å². The Bertz CT molecular complexity index is 479. The minimum absolute atomic E-state index is 0.403. The number of piperazine rings is 1. The third-order valence-electron chi connectivity index (χ3n) is 4.06. The summed E-state index contributed by atoms with van der Waals surface area (Å²) >= 11 is 0. The quantitative estimate of drug-likeness (QED) is 0.842. The number of rotatable bonds is 4. The lowest BCUT2D eigenvalue weighted by Crippen LogP contribution is -2.46. The van der Waals surface area contributed by atoms with Gasteiger partial charge in [0.2, 0.25) is 0 Å². The van der Waals surface area contributed by atoms with Crippen molar-refractivity contribution in [2.24, 2.45) is 0 Å². The van der Waals surface area contributed by atoms with Gasteiger partial charge in [-0.1, -0.05) is 26.8 Å². The maximum Gasteiger partial charge on any atom is 0.0995 e. The Morgan fingerprint density at radius 2 is 1.90 bits per heavy atom. The highest BCUT2D eigenvalue weighted by atomic mass is 15.3. The molecule has 1 aliphatic rings. The summed E-state index contributed by atoms with van der Waals surface area (Å²) in [6, 6.07) is 8.70. The molecule has 108 valence electrons. The molecule has 0 amide bonds. The van der Waals surface area contributed by atoms with Gasteiger partial charge >= 0.3 is 0 Å². The zero-order valence-electron chi connectivity index (χ0n) is 12.9. The first-order valence-corrected chi connectivity index (χ1v) is 7.67. The monoisotopic (exact) mass is 271 g/mol. The van der Waals surface area contributed by atoms with Crippen molar-refractivity contribution >= 4 is 5.69 Å². The van der Waals surface area contributed by atoms with Crippen LogP contribution in [-0.2, 0) is 0 Å². The van der Waals surface area contributed by atoms with E-state index in [1.807, 2.05) is 0 Å². The second-order valence-electron chi connectivity index (χ2n) is 5.87. The molecular formula is C17H25N3. The molecule has 0 unspecified atom stereocenters. The van der Waals surface area contributed by atoms with Crippen molar-refractivity contribution < 1.29 is 0 Å². The third-order valence-corrected chi connectivity index (χ3v) is 4.06. The number of anilines is 1. The molecule has 20 heavy (non-hydrogen) atoms. The highest BCUT2D eigenvalue weighted by molar-refractivity contribution is 5.55. The summed E-state index contributed by atoms with van der Waals surface area (Å²) in [6.45, 7) is 12.1. The van der Waals surface area contributed by atoms with Crippen LogP contribution in [0.4, 0.5) is 5.69 Å². The molecule has 1 aliphatic heterocycles. The predicted molar refractivity (Wildman–Crippen MR) is 84.2 cm³/mol.